The number of benzene rings is 3. The summed E-state index contributed by atoms with van der Waals surface area (Å²) in [7, 11) is -5.18. The molecular formula is C19H12Cl4O5S. The van der Waals surface area contributed by atoms with Gasteiger partial charge in [0.2, 0.25) is 0 Å². The van der Waals surface area contributed by atoms with E-state index in [1.807, 2.05) is 0 Å². The molecule has 0 aliphatic heterocycles. The summed E-state index contributed by atoms with van der Waals surface area (Å²) in [5.74, 6) is -1.01. The van der Waals surface area contributed by atoms with Crippen LogP contribution >= 0.6 is 46.4 Å². The Morgan fingerprint density at radius 1 is 0.724 bits per heavy atom. The Morgan fingerprint density at radius 2 is 1.31 bits per heavy atom. The van der Waals surface area contributed by atoms with E-state index in [0.717, 1.165) is 12.1 Å². The van der Waals surface area contributed by atoms with Crippen molar-refractivity contribution in [3.05, 3.63) is 91.4 Å². The maximum Gasteiger partial charge on any atom is 0.283 e. The van der Waals surface area contributed by atoms with E-state index in [2.05, 4.69) is 0 Å². The molecule has 0 radical (unpaired) electrons. The number of rotatable bonds is 4. The lowest BCUT2D eigenvalue weighted by atomic mass is 9.83. The molecule has 5 nitrogen and oxygen atoms in total. The van der Waals surface area contributed by atoms with Gasteiger partial charge in [-0.2, -0.15) is 8.42 Å². The van der Waals surface area contributed by atoms with Crippen molar-refractivity contribution in [1.29, 1.82) is 0 Å². The quantitative estimate of drug-likeness (QED) is 0.239. The smallest absolute Gasteiger partial charge is 0.283 e. The maximum atomic E-state index is 13.0. The molecule has 0 heterocycles. The fourth-order valence-electron chi connectivity index (χ4n) is 3.23. The number of para-hydroxylation sites is 1. The molecule has 0 bridgehead atoms. The molecule has 0 amide bonds. The van der Waals surface area contributed by atoms with Crippen LogP contribution in [-0.4, -0.2) is 23.2 Å². The third kappa shape index (κ3) is 3.65. The molecule has 10 heteroatoms. The summed E-state index contributed by atoms with van der Waals surface area (Å²) >= 11 is 24.6. The Kier molecular flexibility index (Phi) is 5.98. The standard InChI is InChI=1S/C19H12Cl4O5S/c20-10-5-6-17(25)13(7-10)19(29(26,27)28,12-3-1-2-4-16(12)24)14-8-11(21)9-15(22)18(14)23/h1-9,24-25H,(H,26,27,28). The van der Waals surface area contributed by atoms with E-state index in [1.165, 1.54) is 42.5 Å². The van der Waals surface area contributed by atoms with Crippen LogP contribution in [0.4, 0.5) is 0 Å². The van der Waals surface area contributed by atoms with Crippen LogP contribution in [0.2, 0.25) is 20.1 Å². The molecule has 0 aliphatic rings. The van der Waals surface area contributed by atoms with Crippen molar-refractivity contribution in [1.82, 2.24) is 0 Å². The average Bonchev–Trinajstić information content (AvgIpc) is 2.62. The summed E-state index contributed by atoms with van der Waals surface area (Å²) < 4.78 is 33.9. The Bertz CT molecular complexity index is 1210. The van der Waals surface area contributed by atoms with E-state index in [1.54, 1.807) is 0 Å². The molecule has 3 rings (SSSR count). The summed E-state index contributed by atoms with van der Waals surface area (Å²) in [5.41, 5.74) is -0.923. The minimum Gasteiger partial charge on any atom is -0.508 e. The number of phenols is 2. The van der Waals surface area contributed by atoms with Crippen molar-refractivity contribution in [2.24, 2.45) is 0 Å². The highest BCUT2D eigenvalue weighted by Gasteiger charge is 2.53. The van der Waals surface area contributed by atoms with Gasteiger partial charge < -0.3 is 10.2 Å². The molecule has 0 saturated heterocycles. The van der Waals surface area contributed by atoms with Gasteiger partial charge in [-0.1, -0.05) is 64.6 Å². The monoisotopic (exact) mass is 492 g/mol. The Morgan fingerprint density at radius 3 is 1.93 bits per heavy atom. The summed E-state index contributed by atoms with van der Waals surface area (Å²) in [6.45, 7) is 0. The molecule has 3 aromatic rings. The second-order valence-corrected chi connectivity index (χ2v) is 9.30. The topological polar surface area (TPSA) is 94.8 Å². The zero-order valence-corrected chi connectivity index (χ0v) is 18.1. The summed E-state index contributed by atoms with van der Waals surface area (Å²) in [5, 5.41) is 20.8. The van der Waals surface area contributed by atoms with Crippen LogP contribution in [0.1, 0.15) is 16.7 Å². The van der Waals surface area contributed by atoms with Gasteiger partial charge in [0.05, 0.1) is 10.0 Å². The number of halogens is 4. The van der Waals surface area contributed by atoms with Gasteiger partial charge in [0, 0.05) is 26.7 Å². The molecule has 1 unspecified atom stereocenters. The first kappa shape index (κ1) is 22.0. The van der Waals surface area contributed by atoms with E-state index in [9.17, 15) is 23.2 Å². The molecule has 0 saturated carbocycles. The van der Waals surface area contributed by atoms with Gasteiger partial charge in [0.15, 0.2) is 4.75 Å². The van der Waals surface area contributed by atoms with Crippen molar-refractivity contribution < 1.29 is 23.2 Å². The maximum absolute atomic E-state index is 13.0. The number of phenolic OH excluding ortho intramolecular Hbond substituents is 2. The molecule has 3 aromatic carbocycles. The third-order valence-electron chi connectivity index (χ3n) is 4.38. The van der Waals surface area contributed by atoms with Crippen molar-refractivity contribution in [3.8, 4) is 11.5 Å². The lowest BCUT2D eigenvalue weighted by Crippen LogP contribution is -2.38. The minimum atomic E-state index is -5.18. The van der Waals surface area contributed by atoms with Gasteiger partial charge in [-0.05, 0) is 36.4 Å². The normalized spacial score (nSPS) is 13.8. The van der Waals surface area contributed by atoms with Gasteiger partial charge in [-0.3, -0.25) is 4.55 Å². The highest BCUT2D eigenvalue weighted by Crippen LogP contribution is 2.53. The molecule has 0 aliphatic carbocycles. The van der Waals surface area contributed by atoms with Crippen molar-refractivity contribution >= 4 is 56.5 Å². The van der Waals surface area contributed by atoms with Gasteiger partial charge in [-0.25, -0.2) is 0 Å². The molecular weight excluding hydrogens is 482 g/mol. The van der Waals surface area contributed by atoms with E-state index in [0.29, 0.717) is 0 Å². The molecule has 1 atom stereocenters. The Balaban J connectivity index is 2.68. The van der Waals surface area contributed by atoms with Crippen molar-refractivity contribution in [3.63, 3.8) is 0 Å². The zero-order valence-electron chi connectivity index (χ0n) is 14.3. The third-order valence-corrected chi connectivity index (χ3v) is 7.07. The summed E-state index contributed by atoms with van der Waals surface area (Å²) in [4.78, 5) is 0. The fourth-order valence-corrected chi connectivity index (χ4v) is 5.53. The first-order valence-corrected chi connectivity index (χ1v) is 10.8. The van der Waals surface area contributed by atoms with E-state index >= 15 is 0 Å². The SMILES string of the molecule is O=S(=O)(O)C(c1ccccc1O)(c1cc(Cl)ccc1O)c1cc(Cl)cc(Cl)c1Cl. The van der Waals surface area contributed by atoms with E-state index < -0.39 is 26.4 Å². The molecule has 0 spiro atoms. The summed E-state index contributed by atoms with van der Waals surface area (Å²) in [6.07, 6.45) is 0. The second-order valence-electron chi connectivity index (χ2n) is 6.08. The number of hydrogen-bond donors (Lipinski definition) is 3. The number of hydrogen-bond acceptors (Lipinski definition) is 4. The van der Waals surface area contributed by atoms with Crippen LogP contribution in [0.5, 0.6) is 11.5 Å². The Hall–Kier alpha value is -1.67. The largest absolute Gasteiger partial charge is 0.508 e. The van der Waals surface area contributed by atoms with Gasteiger partial charge in [0.1, 0.15) is 11.5 Å². The highest BCUT2D eigenvalue weighted by atomic mass is 35.5. The van der Waals surface area contributed by atoms with Crippen LogP contribution in [0, 0.1) is 0 Å². The highest BCUT2D eigenvalue weighted by molar-refractivity contribution is 7.87. The molecule has 0 fully saturated rings. The second kappa shape index (κ2) is 7.87. The summed E-state index contributed by atoms with van der Waals surface area (Å²) in [6, 6.07) is 11.5. The first-order valence-electron chi connectivity index (χ1n) is 7.89. The lowest BCUT2D eigenvalue weighted by Gasteiger charge is -2.34. The van der Waals surface area contributed by atoms with Crippen LogP contribution < -0.4 is 0 Å². The molecule has 152 valence electrons. The van der Waals surface area contributed by atoms with Crippen LogP contribution in [-0.2, 0) is 14.9 Å². The lowest BCUT2D eigenvalue weighted by molar-refractivity contribution is 0.428. The predicted octanol–water partition coefficient (Wildman–Crippen LogP) is 5.89. The fraction of sp³-hybridized carbons (Fsp3) is 0.0526. The predicted molar refractivity (Wildman–Crippen MR) is 114 cm³/mol. The Labute approximate surface area is 186 Å². The number of aromatic hydroxyl groups is 2. The molecule has 3 N–H and O–H groups in total. The van der Waals surface area contributed by atoms with Crippen LogP contribution in [0.25, 0.3) is 0 Å². The van der Waals surface area contributed by atoms with Gasteiger partial charge >= 0.3 is 0 Å². The van der Waals surface area contributed by atoms with E-state index in [4.69, 9.17) is 46.4 Å². The van der Waals surface area contributed by atoms with Gasteiger partial charge in [-0.15, -0.1) is 0 Å². The van der Waals surface area contributed by atoms with Crippen molar-refractivity contribution in [2.75, 3.05) is 0 Å². The van der Waals surface area contributed by atoms with Crippen LogP contribution in [0.15, 0.2) is 54.6 Å². The zero-order chi connectivity index (χ0) is 21.6. The van der Waals surface area contributed by atoms with Gasteiger partial charge in [0.25, 0.3) is 10.1 Å². The van der Waals surface area contributed by atoms with Crippen LogP contribution in [0.3, 0.4) is 0 Å². The van der Waals surface area contributed by atoms with E-state index in [-0.39, 0.29) is 36.8 Å². The average molecular weight is 494 g/mol. The molecule has 29 heavy (non-hydrogen) atoms. The molecule has 0 aromatic heterocycles. The minimum absolute atomic E-state index is 0.0133. The first-order chi connectivity index (χ1) is 13.5. The van der Waals surface area contributed by atoms with Crippen molar-refractivity contribution in [2.45, 2.75) is 4.75 Å².